The third-order valence-electron chi connectivity index (χ3n) is 4.69. The summed E-state index contributed by atoms with van der Waals surface area (Å²) in [5.74, 6) is 1.20. The van der Waals surface area contributed by atoms with Crippen molar-refractivity contribution in [1.82, 2.24) is 9.55 Å². The number of nitrogens with zero attached hydrogens (tertiary/aromatic N) is 2. The number of benzene rings is 1. The molecule has 0 saturated heterocycles. The van der Waals surface area contributed by atoms with E-state index in [0.717, 1.165) is 19.1 Å². The van der Waals surface area contributed by atoms with Crippen molar-refractivity contribution in [1.29, 1.82) is 0 Å². The molecule has 1 fully saturated rings. The van der Waals surface area contributed by atoms with E-state index in [1.807, 2.05) is 6.20 Å². The van der Waals surface area contributed by atoms with Crippen molar-refractivity contribution in [3.8, 4) is 0 Å². The lowest BCUT2D eigenvalue weighted by atomic mass is 9.95. The van der Waals surface area contributed by atoms with Crippen molar-refractivity contribution in [3.05, 3.63) is 53.6 Å². The van der Waals surface area contributed by atoms with Gasteiger partial charge in [0.15, 0.2) is 5.82 Å². The van der Waals surface area contributed by atoms with Gasteiger partial charge < -0.3 is 9.88 Å². The van der Waals surface area contributed by atoms with Gasteiger partial charge in [-0.3, -0.25) is 0 Å². The monoisotopic (exact) mass is 284 g/mol. The van der Waals surface area contributed by atoms with Gasteiger partial charge in [-0.2, -0.15) is 0 Å². The van der Waals surface area contributed by atoms with E-state index < -0.39 is 0 Å². The van der Waals surface area contributed by atoms with E-state index in [4.69, 9.17) is 0 Å². The molecule has 0 spiro atoms. The van der Waals surface area contributed by atoms with Crippen LogP contribution in [0, 0.1) is 6.92 Å². The van der Waals surface area contributed by atoms with Gasteiger partial charge in [0.1, 0.15) is 6.54 Å². The minimum Gasteiger partial charge on any atom is -0.338 e. The Kier molecular flexibility index (Phi) is 4.71. The molecule has 1 aliphatic rings. The molecule has 3 heteroatoms. The zero-order valence-corrected chi connectivity index (χ0v) is 13.0. The highest BCUT2D eigenvalue weighted by Gasteiger charge is 2.17. The lowest BCUT2D eigenvalue weighted by molar-refractivity contribution is -0.707. The molecule has 112 valence electrons. The zero-order chi connectivity index (χ0) is 14.5. The Morgan fingerprint density at radius 3 is 2.81 bits per heavy atom. The zero-order valence-electron chi connectivity index (χ0n) is 13.0. The highest BCUT2D eigenvalue weighted by molar-refractivity contribution is 5.26. The van der Waals surface area contributed by atoms with E-state index in [2.05, 4.69) is 52.3 Å². The predicted octanol–water partition coefficient (Wildman–Crippen LogP) is 2.64. The minimum atomic E-state index is 0.808. The van der Waals surface area contributed by atoms with Gasteiger partial charge >= 0.3 is 0 Å². The van der Waals surface area contributed by atoms with Gasteiger partial charge in [-0.25, -0.2) is 4.98 Å². The first-order valence-corrected chi connectivity index (χ1v) is 8.21. The molecule has 2 N–H and O–H groups in total. The van der Waals surface area contributed by atoms with Crippen LogP contribution in [0.5, 0.6) is 0 Å². The van der Waals surface area contributed by atoms with E-state index in [-0.39, 0.29) is 0 Å². The van der Waals surface area contributed by atoms with Crippen molar-refractivity contribution < 1.29 is 5.32 Å². The molecule has 2 aromatic rings. The fourth-order valence-corrected chi connectivity index (χ4v) is 3.29. The number of quaternary nitrogens is 1. The molecule has 0 bridgehead atoms. The minimum absolute atomic E-state index is 0.808. The highest BCUT2D eigenvalue weighted by atomic mass is 15.1. The van der Waals surface area contributed by atoms with Crippen LogP contribution in [0.1, 0.15) is 49.1 Å². The van der Waals surface area contributed by atoms with E-state index in [1.54, 1.807) is 0 Å². The van der Waals surface area contributed by atoms with Crippen LogP contribution >= 0.6 is 0 Å². The smallest absolute Gasteiger partial charge is 0.164 e. The summed E-state index contributed by atoms with van der Waals surface area (Å²) in [5.41, 5.74) is 2.74. The maximum atomic E-state index is 4.56. The fourth-order valence-electron chi connectivity index (χ4n) is 3.29. The van der Waals surface area contributed by atoms with Crippen LogP contribution < -0.4 is 5.32 Å². The van der Waals surface area contributed by atoms with Crippen molar-refractivity contribution in [2.45, 2.75) is 58.2 Å². The Morgan fingerprint density at radius 2 is 2.00 bits per heavy atom. The molecule has 1 heterocycles. The summed E-state index contributed by atoms with van der Waals surface area (Å²) in [6.07, 6.45) is 11.0. The van der Waals surface area contributed by atoms with Gasteiger partial charge in [0.25, 0.3) is 0 Å². The normalized spacial score (nSPS) is 16.2. The Hall–Kier alpha value is -1.61. The number of aryl methyl sites for hydroxylation is 1. The Labute approximate surface area is 127 Å². The van der Waals surface area contributed by atoms with Gasteiger partial charge in [0.2, 0.25) is 0 Å². The first kappa shape index (κ1) is 14.3. The van der Waals surface area contributed by atoms with E-state index in [9.17, 15) is 0 Å². The summed E-state index contributed by atoms with van der Waals surface area (Å²) in [5, 5.41) is 2.50. The van der Waals surface area contributed by atoms with Crippen LogP contribution in [0.2, 0.25) is 0 Å². The van der Waals surface area contributed by atoms with Crippen molar-refractivity contribution in [3.63, 3.8) is 0 Å². The molecule has 0 aliphatic heterocycles. The van der Waals surface area contributed by atoms with Gasteiger partial charge in [0, 0.05) is 18.9 Å². The van der Waals surface area contributed by atoms with Crippen molar-refractivity contribution >= 4 is 0 Å². The van der Waals surface area contributed by atoms with Gasteiger partial charge in [-0.1, -0.05) is 30.7 Å². The fraction of sp³-hybridized carbons (Fsp3) is 0.500. The Bertz CT molecular complexity index is 567. The molecule has 21 heavy (non-hydrogen) atoms. The van der Waals surface area contributed by atoms with Gasteiger partial charge in [-0.05, 0) is 43.7 Å². The number of rotatable bonds is 5. The molecule has 3 nitrogen and oxygen atoms in total. The second kappa shape index (κ2) is 6.90. The van der Waals surface area contributed by atoms with Gasteiger partial charge in [-0.15, -0.1) is 0 Å². The number of imidazole rings is 1. The summed E-state index contributed by atoms with van der Waals surface area (Å²) in [6, 6.07) is 9.42. The average molecular weight is 284 g/mol. The molecule has 0 atom stereocenters. The molecule has 1 aliphatic carbocycles. The maximum absolute atomic E-state index is 4.56. The summed E-state index contributed by atoms with van der Waals surface area (Å²) in [6.45, 7) is 4.12. The third-order valence-corrected chi connectivity index (χ3v) is 4.69. The van der Waals surface area contributed by atoms with Crippen molar-refractivity contribution in [2.24, 2.45) is 0 Å². The number of hydrogen-bond donors (Lipinski definition) is 1. The lowest BCUT2D eigenvalue weighted by Gasteiger charge is -2.20. The van der Waals surface area contributed by atoms with Crippen LogP contribution in [0.25, 0.3) is 0 Å². The van der Waals surface area contributed by atoms with Crippen molar-refractivity contribution in [2.75, 3.05) is 0 Å². The first-order valence-electron chi connectivity index (χ1n) is 8.21. The predicted molar refractivity (Wildman–Crippen MR) is 85.0 cm³/mol. The number of hydrogen-bond acceptors (Lipinski definition) is 1. The summed E-state index contributed by atoms with van der Waals surface area (Å²) in [4.78, 5) is 4.56. The molecule has 1 aromatic carbocycles. The quantitative estimate of drug-likeness (QED) is 0.900. The van der Waals surface area contributed by atoms with Gasteiger partial charge in [0.05, 0.1) is 6.04 Å². The second-order valence-corrected chi connectivity index (χ2v) is 6.24. The van der Waals surface area contributed by atoms with E-state index >= 15 is 0 Å². The van der Waals surface area contributed by atoms with E-state index in [0.29, 0.717) is 0 Å². The molecule has 0 amide bonds. The summed E-state index contributed by atoms with van der Waals surface area (Å²) < 4.78 is 2.29. The molecule has 0 radical (unpaired) electrons. The van der Waals surface area contributed by atoms with E-state index in [1.165, 1.54) is 49.1 Å². The SMILES string of the molecule is Cc1ccccc1Cn1ccnc1C[NH2+]C1CCCCC1. The van der Waals surface area contributed by atoms with Crippen LogP contribution in [-0.4, -0.2) is 15.6 Å². The standard InChI is InChI=1S/C18H25N3/c1-15-7-5-6-8-16(15)14-21-12-11-19-18(21)13-20-17-9-3-2-4-10-17/h5-8,11-12,17,20H,2-4,9-10,13-14H2,1H3/p+1. The molecule has 1 aromatic heterocycles. The summed E-state index contributed by atoms with van der Waals surface area (Å²) >= 11 is 0. The molecule has 1 saturated carbocycles. The molecule has 3 rings (SSSR count). The molecular weight excluding hydrogens is 258 g/mol. The summed E-state index contributed by atoms with van der Waals surface area (Å²) in [7, 11) is 0. The maximum Gasteiger partial charge on any atom is 0.164 e. The molecule has 0 unspecified atom stereocenters. The average Bonchev–Trinajstić information content (AvgIpc) is 2.96. The lowest BCUT2D eigenvalue weighted by Crippen LogP contribution is -2.89. The molecular formula is C18H26N3+. The van der Waals surface area contributed by atoms with Crippen LogP contribution in [0.15, 0.2) is 36.7 Å². The Balaban J connectivity index is 1.62. The van der Waals surface area contributed by atoms with Crippen LogP contribution in [0.4, 0.5) is 0 Å². The third kappa shape index (κ3) is 3.73. The number of nitrogens with two attached hydrogens (primary N) is 1. The number of aromatic nitrogens is 2. The Morgan fingerprint density at radius 1 is 1.19 bits per heavy atom. The first-order chi connectivity index (χ1) is 10.3. The van der Waals surface area contributed by atoms with Crippen LogP contribution in [0.3, 0.4) is 0 Å². The van der Waals surface area contributed by atoms with Crippen LogP contribution in [-0.2, 0) is 13.1 Å². The topological polar surface area (TPSA) is 34.4 Å². The second-order valence-electron chi connectivity index (χ2n) is 6.24. The largest absolute Gasteiger partial charge is 0.338 e. The highest BCUT2D eigenvalue weighted by Crippen LogP contribution is 2.15.